The van der Waals surface area contributed by atoms with E-state index in [1.807, 2.05) is 0 Å². The Morgan fingerprint density at radius 2 is 2.22 bits per heavy atom. The summed E-state index contributed by atoms with van der Waals surface area (Å²) in [5.41, 5.74) is 1.50. The Hall–Kier alpha value is -2.80. The molecule has 6 nitrogen and oxygen atoms in total. The lowest BCUT2D eigenvalue weighted by Gasteiger charge is -2.21. The predicted octanol–water partition coefficient (Wildman–Crippen LogP) is 3.96. The fourth-order valence-corrected chi connectivity index (χ4v) is 3.45. The Labute approximate surface area is 159 Å². The zero-order valence-corrected chi connectivity index (χ0v) is 15.5. The Bertz CT molecular complexity index is 1040. The molecule has 1 aliphatic heterocycles. The lowest BCUT2D eigenvalue weighted by atomic mass is 10.1. The van der Waals surface area contributed by atoms with Crippen molar-refractivity contribution in [2.75, 3.05) is 20.2 Å². The Kier molecular flexibility index (Phi) is 4.39. The Morgan fingerprint density at radius 3 is 3.04 bits per heavy atom. The second-order valence-corrected chi connectivity index (χ2v) is 6.76. The number of carbonyl (C=O) groups is 1. The van der Waals surface area contributed by atoms with Gasteiger partial charge in [0.05, 0.1) is 28.9 Å². The van der Waals surface area contributed by atoms with E-state index in [4.69, 9.17) is 21.1 Å². The number of likely N-dealkylation sites (N-methyl/N-ethyl adjacent to an activating group) is 1. The summed E-state index contributed by atoms with van der Waals surface area (Å²) >= 11 is 6.19. The molecule has 0 unspecified atom stereocenters. The van der Waals surface area contributed by atoms with Crippen LogP contribution in [0.3, 0.4) is 0 Å². The largest absolute Gasteiger partial charge is 0.491 e. The van der Waals surface area contributed by atoms with Crippen LogP contribution in [-0.2, 0) is 0 Å². The molecule has 4 rings (SSSR count). The monoisotopic (exact) mass is 389 g/mol. The number of hydrogen-bond donors (Lipinski definition) is 1. The summed E-state index contributed by atoms with van der Waals surface area (Å²) in [6.45, 7) is 2.34. The molecule has 0 fully saturated rings. The molecular weight excluding hydrogens is 373 g/mol. The minimum atomic E-state index is -0.584. The molecule has 1 atom stereocenters. The highest BCUT2D eigenvalue weighted by Crippen LogP contribution is 2.37. The van der Waals surface area contributed by atoms with Gasteiger partial charge in [-0.3, -0.25) is 4.79 Å². The molecule has 2 bridgehead atoms. The maximum atomic E-state index is 14.0. The molecule has 3 heterocycles. The first-order valence-electron chi connectivity index (χ1n) is 8.45. The van der Waals surface area contributed by atoms with Crippen molar-refractivity contribution >= 4 is 28.5 Å². The van der Waals surface area contributed by atoms with Gasteiger partial charge in [-0.1, -0.05) is 11.6 Å². The van der Waals surface area contributed by atoms with Crippen LogP contribution in [0.25, 0.3) is 11.0 Å². The summed E-state index contributed by atoms with van der Waals surface area (Å²) in [6.07, 6.45) is 2.59. The Morgan fingerprint density at radius 1 is 1.41 bits per heavy atom. The molecule has 1 aromatic carbocycles. The van der Waals surface area contributed by atoms with Gasteiger partial charge in [0.25, 0.3) is 5.91 Å². The van der Waals surface area contributed by atoms with E-state index >= 15 is 0 Å². The third-order valence-corrected chi connectivity index (χ3v) is 4.96. The van der Waals surface area contributed by atoms with Crippen LogP contribution < -0.4 is 9.47 Å². The first-order valence-corrected chi connectivity index (χ1v) is 8.83. The number of fused-ring (bicyclic) bond motifs is 2. The molecule has 1 amide bonds. The van der Waals surface area contributed by atoms with Crippen molar-refractivity contribution < 1.29 is 18.7 Å². The maximum absolute atomic E-state index is 14.0. The molecule has 140 valence electrons. The normalized spacial score (nSPS) is 17.6. The van der Waals surface area contributed by atoms with Crippen molar-refractivity contribution in [2.45, 2.75) is 13.0 Å². The number of aromatic nitrogens is 2. The number of aromatic amines is 1. The van der Waals surface area contributed by atoms with Crippen molar-refractivity contribution in [3.05, 3.63) is 52.6 Å². The van der Waals surface area contributed by atoms with Gasteiger partial charge in [0.2, 0.25) is 0 Å². The van der Waals surface area contributed by atoms with E-state index < -0.39 is 11.9 Å². The molecule has 0 radical (unpaired) electrons. The van der Waals surface area contributed by atoms with E-state index in [2.05, 4.69) is 9.97 Å². The van der Waals surface area contributed by atoms with Crippen molar-refractivity contribution in [2.24, 2.45) is 0 Å². The van der Waals surface area contributed by atoms with E-state index in [1.165, 1.54) is 12.1 Å². The van der Waals surface area contributed by atoms with E-state index in [-0.39, 0.29) is 17.5 Å². The zero-order chi connectivity index (χ0) is 19.1. The van der Waals surface area contributed by atoms with Crippen LogP contribution in [0.1, 0.15) is 28.9 Å². The van der Waals surface area contributed by atoms with Crippen LogP contribution in [0.15, 0.2) is 30.6 Å². The average molecular weight is 390 g/mol. The molecule has 0 saturated heterocycles. The summed E-state index contributed by atoms with van der Waals surface area (Å²) in [5.74, 6) is 0.154. The van der Waals surface area contributed by atoms with E-state index in [1.54, 1.807) is 37.3 Å². The van der Waals surface area contributed by atoms with E-state index in [9.17, 15) is 9.18 Å². The van der Waals surface area contributed by atoms with Gasteiger partial charge in [0.1, 0.15) is 35.7 Å². The minimum Gasteiger partial charge on any atom is -0.491 e. The number of ether oxygens (including phenoxy) is 2. The Balaban J connectivity index is 1.85. The predicted molar refractivity (Wildman–Crippen MR) is 99.0 cm³/mol. The maximum Gasteiger partial charge on any atom is 0.255 e. The van der Waals surface area contributed by atoms with Crippen molar-refractivity contribution in [3.8, 4) is 11.5 Å². The summed E-state index contributed by atoms with van der Waals surface area (Å²) in [4.78, 5) is 21.6. The second kappa shape index (κ2) is 6.74. The molecule has 0 spiro atoms. The summed E-state index contributed by atoms with van der Waals surface area (Å²) in [5, 5.41) is 0.609. The van der Waals surface area contributed by atoms with Crippen LogP contribution in [0.4, 0.5) is 4.39 Å². The molecule has 1 N–H and O–H groups in total. The SMILES string of the molecule is C[C@H]1Oc2cnc3[nH]cc(c3c2)C(=O)N(C)CCOc2ccc(F)c(Cl)c21. The molecule has 1 aliphatic rings. The lowest BCUT2D eigenvalue weighted by Crippen LogP contribution is -2.30. The number of pyridine rings is 1. The summed E-state index contributed by atoms with van der Waals surface area (Å²) in [7, 11) is 1.69. The number of benzene rings is 1. The highest BCUT2D eigenvalue weighted by atomic mass is 35.5. The van der Waals surface area contributed by atoms with E-state index in [0.717, 1.165) is 0 Å². The topological polar surface area (TPSA) is 67.5 Å². The average Bonchev–Trinajstić information content (AvgIpc) is 3.06. The van der Waals surface area contributed by atoms with Crippen molar-refractivity contribution in [3.63, 3.8) is 0 Å². The molecule has 2 aromatic heterocycles. The van der Waals surface area contributed by atoms with Crippen LogP contribution in [0.2, 0.25) is 5.02 Å². The highest BCUT2D eigenvalue weighted by Gasteiger charge is 2.23. The summed E-state index contributed by atoms with van der Waals surface area (Å²) < 4.78 is 25.8. The minimum absolute atomic E-state index is 0.0457. The molecule has 3 aromatic rings. The van der Waals surface area contributed by atoms with Crippen LogP contribution >= 0.6 is 11.6 Å². The number of nitrogens with one attached hydrogen (secondary N) is 1. The number of nitrogens with zero attached hydrogens (tertiary/aromatic N) is 2. The van der Waals surface area contributed by atoms with Crippen molar-refractivity contribution in [1.29, 1.82) is 0 Å². The van der Waals surface area contributed by atoms with Gasteiger partial charge in [-0.15, -0.1) is 0 Å². The first-order chi connectivity index (χ1) is 13.0. The highest BCUT2D eigenvalue weighted by molar-refractivity contribution is 6.31. The fraction of sp³-hybridized carbons (Fsp3) is 0.263. The number of carbonyl (C=O) groups excluding carboxylic acids is 1. The van der Waals surface area contributed by atoms with Crippen LogP contribution in [0, 0.1) is 5.82 Å². The number of H-pyrrole nitrogens is 1. The molecule has 8 heteroatoms. The van der Waals surface area contributed by atoms with Gasteiger partial charge < -0.3 is 19.4 Å². The third-order valence-electron chi connectivity index (χ3n) is 4.58. The first kappa shape index (κ1) is 17.6. The van der Waals surface area contributed by atoms with Gasteiger partial charge in [0, 0.05) is 18.6 Å². The van der Waals surface area contributed by atoms with Crippen LogP contribution in [0.5, 0.6) is 11.5 Å². The van der Waals surface area contributed by atoms with Gasteiger partial charge in [-0.25, -0.2) is 9.37 Å². The zero-order valence-electron chi connectivity index (χ0n) is 14.8. The van der Waals surface area contributed by atoms with Gasteiger partial charge in [-0.2, -0.15) is 0 Å². The number of hydrogen-bond acceptors (Lipinski definition) is 4. The van der Waals surface area contributed by atoms with Gasteiger partial charge >= 0.3 is 0 Å². The number of halogens is 2. The molecule has 27 heavy (non-hydrogen) atoms. The van der Waals surface area contributed by atoms with Gasteiger partial charge in [-0.05, 0) is 25.1 Å². The third kappa shape index (κ3) is 3.08. The standard InChI is InChI=1S/C19H17ClFN3O3/c1-10-16-15(4-3-14(21)17(16)20)26-6-5-24(2)19(25)13-9-23-18-12(13)7-11(27-10)8-22-18/h3-4,7-10H,5-6H2,1-2H3,(H,22,23)/t10-/m1/s1. The lowest BCUT2D eigenvalue weighted by molar-refractivity contribution is 0.0775. The quantitative estimate of drug-likeness (QED) is 0.632. The number of rotatable bonds is 0. The smallest absolute Gasteiger partial charge is 0.255 e. The van der Waals surface area contributed by atoms with Crippen LogP contribution in [-0.4, -0.2) is 41.0 Å². The number of amides is 1. The fourth-order valence-electron chi connectivity index (χ4n) is 3.14. The molecular formula is C19H17ClFN3O3. The second-order valence-electron chi connectivity index (χ2n) is 6.38. The van der Waals surface area contributed by atoms with E-state index in [0.29, 0.717) is 40.2 Å². The van der Waals surface area contributed by atoms with Crippen molar-refractivity contribution in [1.82, 2.24) is 14.9 Å². The van der Waals surface area contributed by atoms with Gasteiger partial charge in [0.15, 0.2) is 0 Å². The molecule has 0 aliphatic carbocycles. The molecule has 0 saturated carbocycles. The summed E-state index contributed by atoms with van der Waals surface area (Å²) in [6, 6.07) is 4.51.